The number of nitrogens with zero attached hydrogens (tertiary/aromatic N) is 2. The number of esters is 1. The van der Waals surface area contributed by atoms with E-state index in [9.17, 15) is 14.9 Å². The van der Waals surface area contributed by atoms with E-state index in [1.807, 2.05) is 6.07 Å². The van der Waals surface area contributed by atoms with Gasteiger partial charge in [-0.25, -0.2) is 4.79 Å². The molecule has 0 aliphatic rings. The molecule has 0 atom stereocenters. The van der Waals surface area contributed by atoms with Crippen molar-refractivity contribution in [2.75, 3.05) is 6.61 Å². The fourth-order valence-corrected chi connectivity index (χ4v) is 1.83. The summed E-state index contributed by atoms with van der Waals surface area (Å²) < 4.78 is 10.3. The van der Waals surface area contributed by atoms with Crippen LogP contribution in [-0.2, 0) is 4.79 Å². The van der Waals surface area contributed by atoms with Crippen molar-refractivity contribution >= 4 is 11.7 Å². The molecule has 0 spiro atoms. The summed E-state index contributed by atoms with van der Waals surface area (Å²) in [6.07, 6.45) is 0. The Morgan fingerprint density at radius 2 is 1.87 bits per heavy atom. The number of carbonyl (C=O) groups is 1. The number of carbonyl (C=O) groups excluding carboxylic acids is 1. The van der Waals surface area contributed by atoms with E-state index in [0.717, 1.165) is 0 Å². The van der Waals surface area contributed by atoms with Crippen LogP contribution in [0.4, 0.5) is 5.69 Å². The molecule has 0 amide bonds. The minimum atomic E-state index is -0.636. The first kappa shape index (κ1) is 16.0. The number of hydrogen-bond acceptors (Lipinski definition) is 6. The molecule has 7 heteroatoms. The first-order valence-electron chi connectivity index (χ1n) is 6.58. The molecule has 0 N–H and O–H groups in total. The largest absolute Gasteiger partial charge is 0.482 e. The van der Waals surface area contributed by atoms with E-state index >= 15 is 0 Å². The second-order valence-electron chi connectivity index (χ2n) is 4.60. The molecule has 0 aromatic heterocycles. The zero-order valence-corrected chi connectivity index (χ0v) is 12.2. The number of aryl methyl sites for hydroxylation is 1. The van der Waals surface area contributed by atoms with Crippen molar-refractivity contribution in [1.29, 1.82) is 5.26 Å². The summed E-state index contributed by atoms with van der Waals surface area (Å²) in [6, 6.07) is 12.3. The topological polar surface area (TPSA) is 102 Å². The summed E-state index contributed by atoms with van der Waals surface area (Å²) in [5.74, 6) is 0.00460. The van der Waals surface area contributed by atoms with E-state index in [-0.39, 0.29) is 18.0 Å². The number of hydrogen-bond donors (Lipinski definition) is 0. The van der Waals surface area contributed by atoms with E-state index in [4.69, 9.17) is 14.7 Å². The van der Waals surface area contributed by atoms with Gasteiger partial charge >= 0.3 is 5.97 Å². The van der Waals surface area contributed by atoms with Crippen molar-refractivity contribution in [1.82, 2.24) is 0 Å². The van der Waals surface area contributed by atoms with Crippen LogP contribution in [-0.4, -0.2) is 17.5 Å². The normalized spacial score (nSPS) is 9.74. The van der Waals surface area contributed by atoms with Gasteiger partial charge in [0.05, 0.1) is 16.6 Å². The molecule has 0 radical (unpaired) electrons. The molecular formula is C16H12N2O5. The van der Waals surface area contributed by atoms with Gasteiger partial charge in [-0.3, -0.25) is 10.1 Å². The van der Waals surface area contributed by atoms with Gasteiger partial charge in [0.2, 0.25) is 0 Å². The van der Waals surface area contributed by atoms with Gasteiger partial charge < -0.3 is 9.47 Å². The van der Waals surface area contributed by atoms with Crippen molar-refractivity contribution in [2.45, 2.75) is 6.92 Å². The third kappa shape index (κ3) is 4.28. The minimum Gasteiger partial charge on any atom is -0.482 e. The molecule has 2 aromatic carbocycles. The average Bonchev–Trinajstić information content (AvgIpc) is 2.53. The maximum Gasteiger partial charge on any atom is 0.349 e. The van der Waals surface area contributed by atoms with Crippen molar-refractivity contribution in [3.63, 3.8) is 0 Å². The molecule has 116 valence electrons. The van der Waals surface area contributed by atoms with Crippen LogP contribution in [0.2, 0.25) is 0 Å². The SMILES string of the molecule is Cc1cc(OC(=O)COc2ccc(C#N)cc2)ccc1[N+](=O)[O-]. The Balaban J connectivity index is 1.93. The van der Waals surface area contributed by atoms with Crippen LogP contribution in [0.1, 0.15) is 11.1 Å². The van der Waals surface area contributed by atoms with E-state index in [1.54, 1.807) is 31.2 Å². The van der Waals surface area contributed by atoms with Crippen LogP contribution in [0.15, 0.2) is 42.5 Å². The Kier molecular flexibility index (Phi) is 4.89. The predicted octanol–water partition coefficient (Wildman–Crippen LogP) is 2.76. The van der Waals surface area contributed by atoms with Crippen molar-refractivity contribution in [3.8, 4) is 17.6 Å². The molecule has 0 aliphatic heterocycles. The fraction of sp³-hybridized carbons (Fsp3) is 0.125. The summed E-state index contributed by atoms with van der Waals surface area (Å²) >= 11 is 0. The Morgan fingerprint density at radius 1 is 1.22 bits per heavy atom. The standard InChI is InChI=1S/C16H12N2O5/c1-11-8-14(6-7-15(11)18(20)21)23-16(19)10-22-13-4-2-12(9-17)3-5-13/h2-8H,10H2,1H3. The molecule has 0 unspecified atom stereocenters. The zero-order valence-electron chi connectivity index (χ0n) is 12.2. The minimum absolute atomic E-state index is 0.0429. The van der Waals surface area contributed by atoms with Gasteiger partial charge in [0.25, 0.3) is 5.69 Å². The number of nitro groups is 1. The first-order valence-corrected chi connectivity index (χ1v) is 6.58. The van der Waals surface area contributed by atoms with Gasteiger partial charge in [0.1, 0.15) is 11.5 Å². The van der Waals surface area contributed by atoms with E-state index < -0.39 is 10.9 Å². The van der Waals surface area contributed by atoms with E-state index in [0.29, 0.717) is 16.9 Å². The van der Waals surface area contributed by atoms with Crippen molar-refractivity contribution in [3.05, 3.63) is 63.7 Å². The lowest BCUT2D eigenvalue weighted by molar-refractivity contribution is -0.385. The molecule has 7 nitrogen and oxygen atoms in total. The van der Waals surface area contributed by atoms with Gasteiger partial charge in [-0.05, 0) is 43.3 Å². The molecule has 23 heavy (non-hydrogen) atoms. The number of benzene rings is 2. The second-order valence-corrected chi connectivity index (χ2v) is 4.60. The smallest absolute Gasteiger partial charge is 0.349 e. The molecule has 2 aromatic rings. The van der Waals surface area contributed by atoms with Crippen molar-refractivity contribution < 1.29 is 19.2 Å². The fourth-order valence-electron chi connectivity index (χ4n) is 1.83. The van der Waals surface area contributed by atoms with Gasteiger partial charge in [0.15, 0.2) is 6.61 Å². The lowest BCUT2D eigenvalue weighted by Crippen LogP contribution is -2.17. The Bertz CT molecular complexity index is 778. The van der Waals surface area contributed by atoms with Gasteiger partial charge in [-0.15, -0.1) is 0 Å². The summed E-state index contributed by atoms with van der Waals surface area (Å²) in [4.78, 5) is 21.9. The third-order valence-electron chi connectivity index (χ3n) is 2.94. The lowest BCUT2D eigenvalue weighted by atomic mass is 10.2. The Hall–Kier alpha value is -3.40. The van der Waals surface area contributed by atoms with E-state index in [1.165, 1.54) is 18.2 Å². The van der Waals surface area contributed by atoms with Crippen LogP contribution in [0.25, 0.3) is 0 Å². The number of nitriles is 1. The molecule has 2 rings (SSSR count). The van der Waals surface area contributed by atoms with Crippen LogP contribution in [0, 0.1) is 28.4 Å². The van der Waals surface area contributed by atoms with Crippen LogP contribution < -0.4 is 9.47 Å². The molecule has 0 fully saturated rings. The second kappa shape index (κ2) is 7.04. The summed E-state index contributed by atoms with van der Waals surface area (Å²) in [5.41, 5.74) is 0.841. The maximum absolute atomic E-state index is 11.7. The van der Waals surface area contributed by atoms with Crippen LogP contribution in [0.3, 0.4) is 0 Å². The molecular weight excluding hydrogens is 300 g/mol. The van der Waals surface area contributed by atoms with Gasteiger partial charge in [0, 0.05) is 11.6 Å². The highest BCUT2D eigenvalue weighted by atomic mass is 16.6. The number of ether oxygens (including phenoxy) is 2. The number of nitro benzene ring substituents is 1. The number of rotatable bonds is 5. The quantitative estimate of drug-likeness (QED) is 0.364. The third-order valence-corrected chi connectivity index (χ3v) is 2.94. The summed E-state index contributed by atoms with van der Waals surface area (Å²) in [5, 5.41) is 19.4. The zero-order chi connectivity index (χ0) is 16.8. The summed E-state index contributed by atoms with van der Waals surface area (Å²) in [6.45, 7) is 1.24. The predicted molar refractivity (Wildman–Crippen MR) is 80.1 cm³/mol. The Morgan fingerprint density at radius 3 is 2.43 bits per heavy atom. The highest BCUT2D eigenvalue weighted by Gasteiger charge is 2.13. The van der Waals surface area contributed by atoms with Crippen molar-refractivity contribution in [2.24, 2.45) is 0 Å². The first-order chi connectivity index (χ1) is 11.0. The van der Waals surface area contributed by atoms with Gasteiger partial charge in [-0.2, -0.15) is 5.26 Å². The summed E-state index contributed by atoms with van der Waals surface area (Å²) in [7, 11) is 0. The van der Waals surface area contributed by atoms with Crippen LogP contribution in [0.5, 0.6) is 11.5 Å². The average molecular weight is 312 g/mol. The molecule has 0 bridgehead atoms. The molecule has 0 saturated heterocycles. The molecule has 0 heterocycles. The highest BCUT2D eigenvalue weighted by molar-refractivity contribution is 5.74. The van der Waals surface area contributed by atoms with E-state index in [2.05, 4.69) is 0 Å². The molecule has 0 aliphatic carbocycles. The van der Waals surface area contributed by atoms with Crippen LogP contribution >= 0.6 is 0 Å². The highest BCUT2D eigenvalue weighted by Crippen LogP contribution is 2.23. The maximum atomic E-state index is 11.7. The monoisotopic (exact) mass is 312 g/mol. The molecule has 0 saturated carbocycles. The van der Waals surface area contributed by atoms with Gasteiger partial charge in [-0.1, -0.05) is 0 Å². The Labute approximate surface area is 131 Å². The lowest BCUT2D eigenvalue weighted by Gasteiger charge is -2.07.